The lowest BCUT2D eigenvalue weighted by Gasteiger charge is -2.25. The molecule has 0 aromatic heterocycles. The van der Waals surface area contributed by atoms with Gasteiger partial charge in [-0.3, -0.25) is 4.79 Å². The summed E-state index contributed by atoms with van der Waals surface area (Å²) in [6.45, 7) is 3.06. The number of nitrogens with two attached hydrogens (primary N) is 1. The van der Waals surface area contributed by atoms with E-state index in [2.05, 4.69) is 5.32 Å². The minimum absolute atomic E-state index is 0.205. The van der Waals surface area contributed by atoms with Crippen LogP contribution in [-0.2, 0) is 16.1 Å². The van der Waals surface area contributed by atoms with Crippen LogP contribution >= 0.6 is 12.2 Å². The fourth-order valence-electron chi connectivity index (χ4n) is 2.41. The molecule has 0 aliphatic rings. The number of carbonyl (C=O) groups is 2. The Kier molecular flexibility index (Phi) is 7.76. The van der Waals surface area contributed by atoms with Gasteiger partial charge in [0.05, 0.1) is 12.2 Å². The van der Waals surface area contributed by atoms with Gasteiger partial charge in [0.25, 0.3) is 0 Å². The molecule has 2 aromatic carbocycles. The topological polar surface area (TPSA) is 84.7 Å². The monoisotopic (exact) mass is 385 g/mol. The van der Waals surface area contributed by atoms with Gasteiger partial charge >= 0.3 is 5.97 Å². The van der Waals surface area contributed by atoms with Crippen LogP contribution in [0.2, 0.25) is 0 Å². The van der Waals surface area contributed by atoms with Crippen molar-refractivity contribution in [1.82, 2.24) is 4.90 Å². The minimum atomic E-state index is -0.380. The van der Waals surface area contributed by atoms with Gasteiger partial charge in [-0.25, -0.2) is 4.79 Å². The van der Waals surface area contributed by atoms with Crippen molar-refractivity contribution in [2.24, 2.45) is 5.73 Å². The number of carbonyl (C=O) groups excluding carboxylic acids is 2. The van der Waals surface area contributed by atoms with Gasteiger partial charge in [-0.1, -0.05) is 30.3 Å². The first-order chi connectivity index (χ1) is 13.0. The molecule has 0 unspecified atom stereocenters. The molecule has 0 heterocycles. The SMILES string of the molecule is CCOC(=O)c1ccc(NC(=S)N(CCC(N)=O)Cc2ccccc2)cc1. The molecular formula is C20H23N3O3S. The molecule has 0 fully saturated rings. The van der Waals surface area contributed by atoms with E-state index < -0.39 is 0 Å². The molecule has 2 aromatic rings. The van der Waals surface area contributed by atoms with E-state index in [1.807, 2.05) is 35.2 Å². The Balaban J connectivity index is 2.05. The smallest absolute Gasteiger partial charge is 0.338 e. The lowest BCUT2D eigenvalue weighted by molar-refractivity contribution is -0.118. The van der Waals surface area contributed by atoms with E-state index in [9.17, 15) is 9.59 Å². The molecular weight excluding hydrogens is 362 g/mol. The minimum Gasteiger partial charge on any atom is -0.462 e. The maximum Gasteiger partial charge on any atom is 0.338 e. The number of esters is 1. The number of hydrogen-bond donors (Lipinski definition) is 2. The first-order valence-corrected chi connectivity index (χ1v) is 9.05. The summed E-state index contributed by atoms with van der Waals surface area (Å²) in [6, 6.07) is 16.7. The van der Waals surface area contributed by atoms with Crippen LogP contribution in [0.4, 0.5) is 5.69 Å². The highest BCUT2D eigenvalue weighted by Crippen LogP contribution is 2.13. The first-order valence-electron chi connectivity index (χ1n) is 8.65. The Morgan fingerprint density at radius 2 is 1.78 bits per heavy atom. The number of hydrogen-bond acceptors (Lipinski definition) is 4. The molecule has 0 radical (unpaired) electrons. The zero-order valence-corrected chi connectivity index (χ0v) is 16.0. The summed E-state index contributed by atoms with van der Waals surface area (Å²) in [4.78, 5) is 24.8. The summed E-state index contributed by atoms with van der Waals surface area (Å²) in [5, 5.41) is 3.61. The van der Waals surface area contributed by atoms with Gasteiger partial charge in [-0.2, -0.15) is 0 Å². The molecule has 6 nitrogen and oxygen atoms in total. The Morgan fingerprint density at radius 3 is 2.37 bits per heavy atom. The third kappa shape index (κ3) is 6.71. The zero-order valence-electron chi connectivity index (χ0n) is 15.2. The molecule has 2 rings (SSSR count). The summed E-state index contributed by atoms with van der Waals surface area (Å²) in [5.41, 5.74) is 7.57. The van der Waals surface area contributed by atoms with Gasteiger partial charge in [0.15, 0.2) is 5.11 Å². The van der Waals surface area contributed by atoms with Gasteiger partial charge in [0.1, 0.15) is 0 Å². The van der Waals surface area contributed by atoms with Crippen molar-refractivity contribution in [3.8, 4) is 0 Å². The number of thiocarbonyl (C=S) groups is 1. The zero-order chi connectivity index (χ0) is 19.6. The van der Waals surface area contributed by atoms with E-state index in [0.29, 0.717) is 30.4 Å². The Bertz CT molecular complexity index is 779. The predicted molar refractivity (Wildman–Crippen MR) is 109 cm³/mol. The van der Waals surface area contributed by atoms with Crippen LogP contribution in [0.15, 0.2) is 54.6 Å². The maximum absolute atomic E-state index is 11.7. The van der Waals surface area contributed by atoms with Crippen molar-refractivity contribution >= 4 is 34.9 Å². The van der Waals surface area contributed by atoms with Crippen LogP contribution in [0.1, 0.15) is 29.3 Å². The molecule has 0 atom stereocenters. The summed E-state index contributed by atoms with van der Waals surface area (Å²) in [7, 11) is 0. The molecule has 0 saturated heterocycles. The fourth-order valence-corrected chi connectivity index (χ4v) is 2.68. The average Bonchev–Trinajstić information content (AvgIpc) is 2.66. The largest absolute Gasteiger partial charge is 0.462 e. The lowest BCUT2D eigenvalue weighted by Crippen LogP contribution is -2.36. The molecule has 0 saturated carbocycles. The molecule has 7 heteroatoms. The van der Waals surface area contributed by atoms with Crippen LogP contribution in [0.25, 0.3) is 0 Å². The van der Waals surface area contributed by atoms with Gasteiger partial charge < -0.3 is 20.7 Å². The number of nitrogens with zero attached hydrogens (tertiary/aromatic N) is 1. The Morgan fingerprint density at radius 1 is 1.11 bits per heavy atom. The number of primary amides is 1. The number of amides is 1. The van der Waals surface area contributed by atoms with Crippen LogP contribution in [-0.4, -0.2) is 35.0 Å². The van der Waals surface area contributed by atoms with E-state index in [1.165, 1.54) is 0 Å². The second-order valence-corrected chi connectivity index (χ2v) is 6.24. The van der Waals surface area contributed by atoms with Gasteiger partial charge in [0, 0.05) is 25.2 Å². The van der Waals surface area contributed by atoms with E-state index in [4.69, 9.17) is 22.7 Å². The number of rotatable bonds is 8. The van der Waals surface area contributed by atoms with Crippen molar-refractivity contribution < 1.29 is 14.3 Å². The molecule has 1 amide bonds. The summed E-state index contributed by atoms with van der Waals surface area (Å²) in [5.74, 6) is -0.742. The molecule has 0 aliphatic heterocycles. The van der Waals surface area contributed by atoms with Crippen molar-refractivity contribution in [3.63, 3.8) is 0 Å². The predicted octanol–water partition coefficient (Wildman–Crippen LogP) is 2.94. The molecule has 3 N–H and O–H groups in total. The number of benzene rings is 2. The van der Waals surface area contributed by atoms with Crippen LogP contribution in [0, 0.1) is 0 Å². The second kappa shape index (κ2) is 10.3. The quantitative estimate of drug-likeness (QED) is 0.537. The first kappa shape index (κ1) is 20.4. The normalized spacial score (nSPS) is 10.1. The lowest BCUT2D eigenvalue weighted by atomic mass is 10.2. The highest BCUT2D eigenvalue weighted by atomic mass is 32.1. The Hall–Kier alpha value is -2.93. The summed E-state index contributed by atoms with van der Waals surface area (Å²) < 4.78 is 4.97. The third-order valence-electron chi connectivity index (χ3n) is 3.78. The maximum atomic E-state index is 11.7. The highest BCUT2D eigenvalue weighted by molar-refractivity contribution is 7.80. The van der Waals surface area contributed by atoms with E-state index in [-0.39, 0.29) is 18.3 Å². The fraction of sp³-hybridized carbons (Fsp3) is 0.250. The van der Waals surface area contributed by atoms with E-state index in [0.717, 1.165) is 11.3 Å². The van der Waals surface area contributed by atoms with E-state index >= 15 is 0 Å². The molecule has 0 bridgehead atoms. The summed E-state index contributed by atoms with van der Waals surface area (Å²) >= 11 is 5.51. The van der Waals surface area contributed by atoms with Gasteiger partial charge in [-0.05, 0) is 49.0 Å². The average molecular weight is 385 g/mol. The number of anilines is 1. The van der Waals surface area contributed by atoms with Crippen molar-refractivity contribution in [1.29, 1.82) is 0 Å². The molecule has 27 heavy (non-hydrogen) atoms. The number of nitrogens with one attached hydrogen (secondary N) is 1. The van der Waals surface area contributed by atoms with Gasteiger partial charge in [-0.15, -0.1) is 0 Å². The van der Waals surface area contributed by atoms with Crippen molar-refractivity contribution in [3.05, 3.63) is 65.7 Å². The highest BCUT2D eigenvalue weighted by Gasteiger charge is 2.13. The molecule has 142 valence electrons. The molecule has 0 aliphatic carbocycles. The van der Waals surface area contributed by atoms with Crippen LogP contribution in [0.3, 0.4) is 0 Å². The summed E-state index contributed by atoms with van der Waals surface area (Å²) in [6.07, 6.45) is 0.205. The van der Waals surface area contributed by atoms with Gasteiger partial charge in [0.2, 0.25) is 5.91 Å². The molecule has 0 spiro atoms. The third-order valence-corrected chi connectivity index (χ3v) is 4.14. The van der Waals surface area contributed by atoms with Crippen molar-refractivity contribution in [2.45, 2.75) is 19.9 Å². The Labute approximate surface area is 164 Å². The van der Waals surface area contributed by atoms with Crippen molar-refractivity contribution in [2.75, 3.05) is 18.5 Å². The second-order valence-electron chi connectivity index (χ2n) is 5.85. The van der Waals surface area contributed by atoms with Crippen LogP contribution < -0.4 is 11.1 Å². The van der Waals surface area contributed by atoms with Crippen LogP contribution in [0.5, 0.6) is 0 Å². The number of ether oxygens (including phenoxy) is 1. The standard InChI is InChI=1S/C20H23N3O3S/c1-2-26-19(25)16-8-10-17(11-9-16)22-20(27)23(13-12-18(21)24)14-15-6-4-3-5-7-15/h3-11H,2,12-14H2,1H3,(H2,21,24)(H,22,27). The van der Waals surface area contributed by atoms with E-state index in [1.54, 1.807) is 31.2 Å².